The van der Waals surface area contributed by atoms with Gasteiger partial charge in [-0.15, -0.1) is 0 Å². The molecule has 0 aliphatic heterocycles. The lowest BCUT2D eigenvalue weighted by atomic mass is 10.1. The molecule has 0 atom stereocenters. The molecule has 0 spiro atoms. The van der Waals surface area contributed by atoms with E-state index in [0.29, 0.717) is 35.6 Å². The van der Waals surface area contributed by atoms with Gasteiger partial charge in [-0.1, -0.05) is 30.1 Å². The van der Waals surface area contributed by atoms with Gasteiger partial charge in [-0.05, 0) is 32.0 Å². The van der Waals surface area contributed by atoms with E-state index in [0.717, 1.165) is 12.8 Å². The predicted molar refractivity (Wildman–Crippen MR) is 101 cm³/mol. The SMILES string of the molecule is CC(=O)Nc1ccccc1NC(=O)CN(C)Cc1noc(C2CCCC2)n1. The number of benzene rings is 1. The third kappa shape index (κ3) is 5.37. The van der Waals surface area contributed by atoms with Crippen LogP contribution >= 0.6 is 0 Å². The molecule has 1 fully saturated rings. The van der Waals surface area contributed by atoms with Crippen LogP contribution in [0.15, 0.2) is 28.8 Å². The standard InChI is InChI=1S/C19H25N5O3/c1-13(25)20-15-9-5-6-10-16(15)21-18(26)12-24(2)11-17-22-19(27-23-17)14-7-3-4-8-14/h5-6,9-10,14H,3-4,7-8,11-12H2,1-2H3,(H,20,25)(H,21,26). The van der Waals surface area contributed by atoms with Crippen LogP contribution in [0.5, 0.6) is 0 Å². The highest BCUT2D eigenvalue weighted by atomic mass is 16.5. The molecule has 1 aromatic carbocycles. The van der Waals surface area contributed by atoms with Crippen molar-refractivity contribution in [2.45, 2.75) is 45.1 Å². The van der Waals surface area contributed by atoms with Crippen LogP contribution in [-0.4, -0.2) is 40.4 Å². The molecule has 1 heterocycles. The molecule has 0 saturated heterocycles. The highest BCUT2D eigenvalue weighted by molar-refractivity contribution is 5.99. The average Bonchev–Trinajstić information content (AvgIpc) is 3.27. The maximum Gasteiger partial charge on any atom is 0.238 e. The van der Waals surface area contributed by atoms with Gasteiger partial charge >= 0.3 is 0 Å². The number of nitrogens with one attached hydrogen (secondary N) is 2. The molecular weight excluding hydrogens is 346 g/mol. The summed E-state index contributed by atoms with van der Waals surface area (Å²) < 4.78 is 5.37. The second-order valence-electron chi connectivity index (χ2n) is 6.98. The Kier molecular flexibility index (Phi) is 6.18. The molecular formula is C19H25N5O3. The summed E-state index contributed by atoms with van der Waals surface area (Å²) in [7, 11) is 1.82. The van der Waals surface area contributed by atoms with Crippen molar-refractivity contribution >= 4 is 23.2 Å². The molecule has 1 saturated carbocycles. The Labute approximate surface area is 158 Å². The van der Waals surface area contributed by atoms with Crippen LogP contribution in [-0.2, 0) is 16.1 Å². The molecule has 1 aromatic heterocycles. The van der Waals surface area contributed by atoms with Crippen molar-refractivity contribution in [3.05, 3.63) is 36.0 Å². The van der Waals surface area contributed by atoms with Gasteiger partial charge in [0.2, 0.25) is 17.7 Å². The monoisotopic (exact) mass is 371 g/mol. The van der Waals surface area contributed by atoms with E-state index in [1.54, 1.807) is 24.3 Å². The van der Waals surface area contributed by atoms with Gasteiger partial charge in [0.05, 0.1) is 24.5 Å². The average molecular weight is 371 g/mol. The molecule has 0 radical (unpaired) electrons. The predicted octanol–water partition coefficient (Wildman–Crippen LogP) is 2.76. The van der Waals surface area contributed by atoms with E-state index in [2.05, 4.69) is 20.8 Å². The first-order chi connectivity index (χ1) is 13.0. The number of rotatable bonds is 7. The first-order valence-corrected chi connectivity index (χ1v) is 9.19. The molecule has 1 aliphatic rings. The topological polar surface area (TPSA) is 100 Å². The molecule has 2 aromatic rings. The number of hydrogen-bond donors (Lipinski definition) is 2. The highest BCUT2D eigenvalue weighted by Gasteiger charge is 2.23. The summed E-state index contributed by atoms with van der Waals surface area (Å²) in [6, 6.07) is 7.08. The molecule has 0 unspecified atom stereocenters. The Bertz CT molecular complexity index is 798. The number of likely N-dealkylation sites (N-methyl/N-ethyl adjacent to an activating group) is 1. The summed E-state index contributed by atoms with van der Waals surface area (Å²) in [5, 5.41) is 9.56. The number of aromatic nitrogens is 2. The number of carbonyl (C=O) groups excluding carboxylic acids is 2. The highest BCUT2D eigenvalue weighted by Crippen LogP contribution is 2.32. The minimum Gasteiger partial charge on any atom is -0.339 e. The molecule has 144 valence electrons. The van der Waals surface area contributed by atoms with Gasteiger partial charge in [0.25, 0.3) is 0 Å². The van der Waals surface area contributed by atoms with Gasteiger partial charge in [-0.25, -0.2) is 0 Å². The number of carbonyl (C=O) groups is 2. The van der Waals surface area contributed by atoms with Crippen molar-refractivity contribution < 1.29 is 14.1 Å². The van der Waals surface area contributed by atoms with Crippen LogP contribution in [0.2, 0.25) is 0 Å². The second-order valence-corrected chi connectivity index (χ2v) is 6.98. The first kappa shape index (κ1) is 19.0. The Balaban J connectivity index is 1.53. The number of anilines is 2. The van der Waals surface area contributed by atoms with Crippen molar-refractivity contribution in [3.63, 3.8) is 0 Å². The van der Waals surface area contributed by atoms with E-state index in [4.69, 9.17) is 4.52 Å². The normalized spacial score (nSPS) is 14.5. The van der Waals surface area contributed by atoms with Crippen LogP contribution in [0.1, 0.15) is 50.2 Å². The lowest BCUT2D eigenvalue weighted by Gasteiger charge is -2.15. The summed E-state index contributed by atoms with van der Waals surface area (Å²) in [6.45, 7) is 2.02. The third-order valence-electron chi connectivity index (χ3n) is 4.52. The minimum absolute atomic E-state index is 0.168. The third-order valence-corrected chi connectivity index (χ3v) is 4.52. The molecule has 1 aliphatic carbocycles. The zero-order valence-corrected chi connectivity index (χ0v) is 15.7. The van der Waals surface area contributed by atoms with E-state index in [1.807, 2.05) is 11.9 Å². The fraction of sp³-hybridized carbons (Fsp3) is 0.474. The van der Waals surface area contributed by atoms with Gasteiger partial charge in [0, 0.05) is 12.8 Å². The summed E-state index contributed by atoms with van der Waals surface area (Å²) in [5.41, 5.74) is 1.13. The first-order valence-electron chi connectivity index (χ1n) is 9.19. The van der Waals surface area contributed by atoms with E-state index in [1.165, 1.54) is 19.8 Å². The molecule has 3 rings (SSSR count). The van der Waals surface area contributed by atoms with E-state index in [-0.39, 0.29) is 18.4 Å². The van der Waals surface area contributed by atoms with Crippen molar-refractivity contribution in [1.29, 1.82) is 0 Å². The fourth-order valence-corrected chi connectivity index (χ4v) is 3.29. The maximum atomic E-state index is 12.3. The molecule has 27 heavy (non-hydrogen) atoms. The molecule has 8 heteroatoms. The van der Waals surface area contributed by atoms with Crippen molar-refractivity contribution in [3.8, 4) is 0 Å². The van der Waals surface area contributed by atoms with Gasteiger partial charge in [0.1, 0.15) is 0 Å². The summed E-state index contributed by atoms with van der Waals surface area (Å²) in [6.07, 6.45) is 4.63. The van der Waals surface area contributed by atoms with Crippen molar-refractivity contribution in [1.82, 2.24) is 15.0 Å². The summed E-state index contributed by atoms with van der Waals surface area (Å²) in [4.78, 5) is 29.9. The van der Waals surface area contributed by atoms with Gasteiger partial charge in [-0.2, -0.15) is 4.98 Å². The van der Waals surface area contributed by atoms with E-state index < -0.39 is 0 Å². The van der Waals surface area contributed by atoms with Crippen molar-refractivity contribution in [2.24, 2.45) is 0 Å². The second kappa shape index (κ2) is 8.77. The summed E-state index contributed by atoms with van der Waals surface area (Å²) >= 11 is 0. The summed E-state index contributed by atoms with van der Waals surface area (Å²) in [5.74, 6) is 1.30. The largest absolute Gasteiger partial charge is 0.339 e. The fourth-order valence-electron chi connectivity index (χ4n) is 3.29. The van der Waals surface area contributed by atoms with Gasteiger partial charge < -0.3 is 15.2 Å². The van der Waals surface area contributed by atoms with Crippen LogP contribution in [0.25, 0.3) is 0 Å². The lowest BCUT2D eigenvalue weighted by Crippen LogP contribution is -2.30. The Morgan fingerprint density at radius 3 is 2.52 bits per heavy atom. The maximum absolute atomic E-state index is 12.3. The van der Waals surface area contributed by atoms with Crippen LogP contribution < -0.4 is 10.6 Å². The number of hydrogen-bond acceptors (Lipinski definition) is 6. The van der Waals surface area contributed by atoms with Gasteiger partial charge in [0.15, 0.2) is 5.82 Å². The Hall–Kier alpha value is -2.74. The number of amides is 2. The zero-order valence-electron chi connectivity index (χ0n) is 15.7. The smallest absolute Gasteiger partial charge is 0.238 e. The molecule has 8 nitrogen and oxygen atoms in total. The number of para-hydroxylation sites is 2. The lowest BCUT2D eigenvalue weighted by molar-refractivity contribution is -0.117. The van der Waals surface area contributed by atoms with Crippen LogP contribution in [0.4, 0.5) is 11.4 Å². The van der Waals surface area contributed by atoms with Crippen LogP contribution in [0.3, 0.4) is 0 Å². The minimum atomic E-state index is -0.191. The Morgan fingerprint density at radius 1 is 1.19 bits per heavy atom. The van der Waals surface area contributed by atoms with Crippen molar-refractivity contribution in [2.75, 3.05) is 24.2 Å². The molecule has 2 N–H and O–H groups in total. The van der Waals surface area contributed by atoms with E-state index in [9.17, 15) is 9.59 Å². The zero-order chi connectivity index (χ0) is 19.2. The Morgan fingerprint density at radius 2 is 1.85 bits per heavy atom. The molecule has 2 amide bonds. The van der Waals surface area contributed by atoms with Crippen LogP contribution in [0, 0.1) is 0 Å². The van der Waals surface area contributed by atoms with Gasteiger partial charge in [-0.3, -0.25) is 14.5 Å². The quantitative estimate of drug-likeness (QED) is 0.776. The molecule has 0 bridgehead atoms. The van der Waals surface area contributed by atoms with E-state index >= 15 is 0 Å². The number of nitrogens with zero attached hydrogens (tertiary/aromatic N) is 3.